The SMILES string of the molecule is CC(=O)N1CCc2ccc(-c3cs[c]n3)cc21. The van der Waals surface area contributed by atoms with Gasteiger partial charge in [-0.25, -0.2) is 4.98 Å². The first-order valence-electron chi connectivity index (χ1n) is 5.48. The van der Waals surface area contributed by atoms with Crippen LogP contribution in [0.3, 0.4) is 0 Å². The summed E-state index contributed by atoms with van der Waals surface area (Å²) >= 11 is 1.46. The molecule has 0 unspecified atom stereocenters. The highest BCUT2D eigenvalue weighted by atomic mass is 32.1. The summed E-state index contributed by atoms with van der Waals surface area (Å²) in [6, 6.07) is 6.20. The number of carbonyl (C=O) groups excluding carboxylic acids is 1. The molecule has 3 rings (SSSR count). The molecule has 0 spiro atoms. The molecule has 0 bridgehead atoms. The lowest BCUT2D eigenvalue weighted by Crippen LogP contribution is -2.25. The smallest absolute Gasteiger partial charge is 0.223 e. The highest BCUT2D eigenvalue weighted by molar-refractivity contribution is 7.07. The average molecular weight is 243 g/mol. The predicted octanol–water partition coefficient (Wildman–Crippen LogP) is 2.52. The van der Waals surface area contributed by atoms with Gasteiger partial charge in [-0.2, -0.15) is 0 Å². The van der Waals surface area contributed by atoms with Gasteiger partial charge in [0.05, 0.1) is 5.69 Å². The number of thiazole rings is 1. The highest BCUT2D eigenvalue weighted by Gasteiger charge is 2.22. The minimum absolute atomic E-state index is 0.103. The van der Waals surface area contributed by atoms with E-state index in [1.807, 2.05) is 16.3 Å². The quantitative estimate of drug-likeness (QED) is 0.771. The van der Waals surface area contributed by atoms with Crippen molar-refractivity contribution < 1.29 is 4.79 Å². The van der Waals surface area contributed by atoms with Gasteiger partial charge in [0, 0.05) is 30.1 Å². The van der Waals surface area contributed by atoms with E-state index in [0.29, 0.717) is 0 Å². The lowest BCUT2D eigenvalue weighted by atomic mass is 10.1. The van der Waals surface area contributed by atoms with Gasteiger partial charge >= 0.3 is 0 Å². The van der Waals surface area contributed by atoms with E-state index in [9.17, 15) is 4.79 Å². The molecule has 0 N–H and O–H groups in total. The van der Waals surface area contributed by atoms with E-state index >= 15 is 0 Å². The third kappa shape index (κ3) is 1.74. The first-order chi connectivity index (χ1) is 8.25. The van der Waals surface area contributed by atoms with Crippen LogP contribution >= 0.6 is 11.3 Å². The summed E-state index contributed by atoms with van der Waals surface area (Å²) in [6.07, 6.45) is 0.943. The zero-order valence-corrected chi connectivity index (χ0v) is 10.3. The van der Waals surface area contributed by atoms with E-state index in [4.69, 9.17) is 0 Å². The number of hydrogen-bond acceptors (Lipinski definition) is 3. The van der Waals surface area contributed by atoms with Crippen molar-refractivity contribution in [3.63, 3.8) is 0 Å². The summed E-state index contributed by atoms with van der Waals surface area (Å²) in [4.78, 5) is 17.5. The van der Waals surface area contributed by atoms with Crippen LogP contribution in [0, 0.1) is 5.51 Å². The van der Waals surface area contributed by atoms with Gasteiger partial charge in [-0.1, -0.05) is 12.1 Å². The van der Waals surface area contributed by atoms with E-state index in [-0.39, 0.29) is 5.91 Å². The van der Waals surface area contributed by atoms with Crippen molar-refractivity contribution in [1.82, 2.24) is 4.98 Å². The summed E-state index contributed by atoms with van der Waals surface area (Å²) < 4.78 is 0. The fourth-order valence-corrected chi connectivity index (χ4v) is 2.69. The molecule has 0 fully saturated rings. The number of fused-ring (bicyclic) bond motifs is 1. The van der Waals surface area contributed by atoms with Crippen molar-refractivity contribution in [3.05, 3.63) is 34.7 Å². The van der Waals surface area contributed by atoms with Crippen molar-refractivity contribution in [3.8, 4) is 11.3 Å². The predicted molar refractivity (Wildman–Crippen MR) is 68.1 cm³/mol. The maximum Gasteiger partial charge on any atom is 0.223 e. The summed E-state index contributed by atoms with van der Waals surface area (Å²) in [5.74, 6) is 0.103. The van der Waals surface area contributed by atoms with Crippen LogP contribution in [0.5, 0.6) is 0 Å². The van der Waals surface area contributed by atoms with Gasteiger partial charge in [0.1, 0.15) is 0 Å². The van der Waals surface area contributed by atoms with E-state index in [1.165, 1.54) is 16.9 Å². The fraction of sp³-hybridized carbons (Fsp3) is 0.231. The topological polar surface area (TPSA) is 33.2 Å². The molecule has 1 aliphatic rings. The molecular formula is C13H11N2OS. The van der Waals surface area contributed by atoms with Crippen LogP contribution in [0.2, 0.25) is 0 Å². The van der Waals surface area contributed by atoms with Crippen molar-refractivity contribution in [2.45, 2.75) is 13.3 Å². The minimum atomic E-state index is 0.103. The Kier molecular flexibility index (Phi) is 2.44. The maximum atomic E-state index is 11.5. The molecule has 1 amide bonds. The van der Waals surface area contributed by atoms with Gasteiger partial charge in [-0.3, -0.25) is 4.79 Å². The normalized spacial score (nSPS) is 13.8. The molecular weight excluding hydrogens is 232 g/mol. The Morgan fingerprint density at radius 3 is 3.12 bits per heavy atom. The van der Waals surface area contributed by atoms with Gasteiger partial charge in [-0.15, -0.1) is 11.3 Å². The number of carbonyl (C=O) groups is 1. The van der Waals surface area contributed by atoms with Gasteiger partial charge in [0.25, 0.3) is 0 Å². The van der Waals surface area contributed by atoms with Crippen molar-refractivity contribution >= 4 is 22.9 Å². The van der Waals surface area contributed by atoms with Crippen LogP contribution in [0.15, 0.2) is 23.6 Å². The number of rotatable bonds is 1. The van der Waals surface area contributed by atoms with Crippen molar-refractivity contribution in [2.24, 2.45) is 0 Å². The third-order valence-electron chi connectivity index (χ3n) is 3.05. The van der Waals surface area contributed by atoms with Gasteiger partial charge in [0.15, 0.2) is 5.51 Å². The van der Waals surface area contributed by atoms with Crippen LogP contribution in [0.25, 0.3) is 11.3 Å². The molecule has 0 aliphatic carbocycles. The molecule has 1 aromatic carbocycles. The van der Waals surface area contributed by atoms with Crippen LogP contribution in [0.1, 0.15) is 12.5 Å². The van der Waals surface area contributed by atoms with E-state index in [0.717, 1.165) is 29.9 Å². The number of aromatic nitrogens is 1. The molecule has 2 heterocycles. The molecule has 4 heteroatoms. The maximum absolute atomic E-state index is 11.5. The Morgan fingerprint density at radius 1 is 1.53 bits per heavy atom. The molecule has 1 aliphatic heterocycles. The fourth-order valence-electron chi connectivity index (χ4n) is 2.18. The molecule has 85 valence electrons. The minimum Gasteiger partial charge on any atom is -0.312 e. The van der Waals surface area contributed by atoms with E-state index < -0.39 is 0 Å². The second kappa shape index (κ2) is 3.96. The molecule has 0 saturated carbocycles. The Balaban J connectivity index is 2.07. The van der Waals surface area contributed by atoms with Crippen LogP contribution in [0.4, 0.5) is 5.69 Å². The largest absolute Gasteiger partial charge is 0.312 e. The second-order valence-corrected chi connectivity index (χ2v) is 4.74. The monoisotopic (exact) mass is 243 g/mol. The first-order valence-corrected chi connectivity index (χ1v) is 6.36. The third-order valence-corrected chi connectivity index (χ3v) is 3.58. The van der Waals surface area contributed by atoms with E-state index in [1.54, 1.807) is 6.92 Å². The summed E-state index contributed by atoms with van der Waals surface area (Å²) in [7, 11) is 0. The van der Waals surface area contributed by atoms with Crippen molar-refractivity contribution in [1.29, 1.82) is 0 Å². The summed E-state index contributed by atoms with van der Waals surface area (Å²) in [5, 5.41) is 1.97. The molecule has 1 radical (unpaired) electrons. The molecule has 0 saturated heterocycles. The number of benzene rings is 1. The second-order valence-electron chi connectivity index (χ2n) is 4.09. The molecule has 3 nitrogen and oxygen atoms in total. The Hall–Kier alpha value is -1.68. The standard InChI is InChI=1S/C13H11N2OS/c1-9(16)15-5-4-10-2-3-11(6-13(10)15)12-7-17-8-14-12/h2-3,6-7H,4-5H2,1H3. The van der Waals surface area contributed by atoms with Crippen LogP contribution in [-0.2, 0) is 11.2 Å². The Labute approximate surface area is 104 Å². The number of hydrogen-bond donors (Lipinski definition) is 0. The van der Waals surface area contributed by atoms with Gasteiger partial charge in [0.2, 0.25) is 5.91 Å². The Bertz CT molecular complexity index is 563. The summed E-state index contributed by atoms with van der Waals surface area (Å²) in [6.45, 7) is 2.40. The van der Waals surface area contributed by atoms with Crippen LogP contribution < -0.4 is 4.90 Å². The lowest BCUT2D eigenvalue weighted by Gasteiger charge is -2.15. The zero-order chi connectivity index (χ0) is 11.8. The van der Waals surface area contributed by atoms with Crippen LogP contribution in [-0.4, -0.2) is 17.4 Å². The number of anilines is 1. The number of amides is 1. The first kappa shape index (κ1) is 10.5. The lowest BCUT2D eigenvalue weighted by molar-refractivity contribution is -0.116. The summed E-state index contributed by atoms with van der Waals surface area (Å²) in [5.41, 5.74) is 7.09. The van der Waals surface area contributed by atoms with Gasteiger partial charge in [-0.05, 0) is 18.1 Å². The van der Waals surface area contributed by atoms with E-state index in [2.05, 4.69) is 22.6 Å². The molecule has 0 atom stereocenters. The molecule has 2 aromatic rings. The van der Waals surface area contributed by atoms with Crippen molar-refractivity contribution in [2.75, 3.05) is 11.4 Å². The molecule has 17 heavy (non-hydrogen) atoms. The average Bonchev–Trinajstić information content (AvgIpc) is 2.97. The highest BCUT2D eigenvalue weighted by Crippen LogP contribution is 2.32. The molecule has 1 aromatic heterocycles. The van der Waals surface area contributed by atoms with Gasteiger partial charge < -0.3 is 4.90 Å². The number of nitrogens with zero attached hydrogens (tertiary/aromatic N) is 2. The Morgan fingerprint density at radius 2 is 2.41 bits per heavy atom. The zero-order valence-electron chi connectivity index (χ0n) is 9.43.